The molecule has 1 aromatic heterocycles. The molecule has 0 aliphatic carbocycles. The smallest absolute Gasteiger partial charge is 0.0115 e. The first-order valence-electron chi connectivity index (χ1n) is 7.70. The van der Waals surface area contributed by atoms with Crippen molar-refractivity contribution in [1.29, 1.82) is 0 Å². The van der Waals surface area contributed by atoms with Gasteiger partial charge in [-0.3, -0.25) is 0 Å². The van der Waals surface area contributed by atoms with Crippen molar-refractivity contribution in [2.24, 2.45) is 5.92 Å². The molecule has 0 aliphatic heterocycles. The van der Waals surface area contributed by atoms with Crippen molar-refractivity contribution in [3.05, 3.63) is 22.4 Å². The zero-order valence-corrected chi connectivity index (χ0v) is 15.1. The van der Waals surface area contributed by atoms with E-state index >= 15 is 0 Å². The molecular formula is C17H32N2S. The first-order chi connectivity index (χ1) is 9.20. The monoisotopic (exact) mass is 296 g/mol. The van der Waals surface area contributed by atoms with Crippen LogP contribution in [0, 0.1) is 5.92 Å². The van der Waals surface area contributed by atoms with E-state index in [1.807, 2.05) is 11.3 Å². The molecule has 116 valence electrons. The third-order valence-corrected chi connectivity index (χ3v) is 5.09. The highest BCUT2D eigenvalue weighted by Crippen LogP contribution is 2.18. The molecule has 1 N–H and O–H groups in total. The van der Waals surface area contributed by atoms with Crippen LogP contribution in [0.1, 0.15) is 46.4 Å². The molecule has 0 bridgehead atoms. The van der Waals surface area contributed by atoms with E-state index in [-0.39, 0.29) is 5.54 Å². The zero-order chi connectivity index (χ0) is 15.3. The molecule has 0 spiro atoms. The lowest BCUT2D eigenvalue weighted by Gasteiger charge is -2.36. The largest absolute Gasteiger partial charge is 0.312 e. The van der Waals surface area contributed by atoms with Gasteiger partial charge in [0.25, 0.3) is 0 Å². The number of hydrogen-bond donors (Lipinski definition) is 1. The van der Waals surface area contributed by atoms with E-state index < -0.39 is 0 Å². The molecule has 0 saturated heterocycles. The Hall–Kier alpha value is -0.380. The van der Waals surface area contributed by atoms with Gasteiger partial charge in [-0.1, -0.05) is 13.0 Å². The number of thiophene rings is 1. The zero-order valence-electron chi connectivity index (χ0n) is 14.2. The minimum absolute atomic E-state index is 0.204. The van der Waals surface area contributed by atoms with Crippen LogP contribution in [0.3, 0.4) is 0 Å². The number of nitrogens with zero attached hydrogens (tertiary/aromatic N) is 1. The summed E-state index contributed by atoms with van der Waals surface area (Å²) in [7, 11) is 2.26. The quantitative estimate of drug-likeness (QED) is 0.817. The minimum Gasteiger partial charge on any atom is -0.312 e. The van der Waals surface area contributed by atoms with Gasteiger partial charge in [-0.25, -0.2) is 0 Å². The highest BCUT2D eigenvalue weighted by Gasteiger charge is 2.22. The summed E-state index contributed by atoms with van der Waals surface area (Å²) in [5.74, 6) is 0.644. The minimum atomic E-state index is 0.204. The van der Waals surface area contributed by atoms with E-state index in [1.165, 1.54) is 4.88 Å². The Balaban J connectivity index is 2.46. The molecule has 0 fully saturated rings. The van der Waals surface area contributed by atoms with E-state index in [2.05, 4.69) is 76.3 Å². The molecule has 0 radical (unpaired) electrons. The number of rotatable bonds is 7. The molecule has 1 aromatic rings. The maximum Gasteiger partial charge on any atom is 0.0115 e. The van der Waals surface area contributed by atoms with Crippen LogP contribution in [0.25, 0.3) is 0 Å². The summed E-state index contributed by atoms with van der Waals surface area (Å²) in [6.07, 6.45) is 1.15. The summed E-state index contributed by atoms with van der Waals surface area (Å²) in [5, 5.41) is 5.79. The Morgan fingerprint density at radius 3 is 2.40 bits per heavy atom. The molecule has 20 heavy (non-hydrogen) atoms. The van der Waals surface area contributed by atoms with Crippen LogP contribution in [-0.4, -0.2) is 36.1 Å². The summed E-state index contributed by atoms with van der Waals surface area (Å²) in [6.45, 7) is 14.8. The average Bonchev–Trinajstić information content (AvgIpc) is 2.85. The van der Waals surface area contributed by atoms with Crippen molar-refractivity contribution < 1.29 is 0 Å². The summed E-state index contributed by atoms with van der Waals surface area (Å²) < 4.78 is 0. The third-order valence-electron chi connectivity index (χ3n) is 4.19. The van der Waals surface area contributed by atoms with Crippen molar-refractivity contribution in [3.63, 3.8) is 0 Å². The molecule has 3 heteroatoms. The van der Waals surface area contributed by atoms with Gasteiger partial charge in [0.15, 0.2) is 0 Å². The van der Waals surface area contributed by atoms with Gasteiger partial charge < -0.3 is 10.2 Å². The topological polar surface area (TPSA) is 15.3 Å². The molecule has 3 unspecified atom stereocenters. The summed E-state index contributed by atoms with van der Waals surface area (Å²) in [5.41, 5.74) is 0.204. The Bertz CT molecular complexity index is 367. The molecule has 0 amide bonds. The summed E-state index contributed by atoms with van der Waals surface area (Å²) >= 11 is 1.86. The fraction of sp³-hybridized carbons (Fsp3) is 0.765. The fourth-order valence-corrected chi connectivity index (χ4v) is 3.13. The van der Waals surface area contributed by atoms with E-state index in [1.54, 1.807) is 0 Å². The van der Waals surface area contributed by atoms with Gasteiger partial charge in [0.2, 0.25) is 0 Å². The van der Waals surface area contributed by atoms with Crippen molar-refractivity contribution in [2.75, 3.05) is 13.6 Å². The summed E-state index contributed by atoms with van der Waals surface area (Å²) in [6, 6.07) is 5.55. The maximum atomic E-state index is 3.62. The lowest BCUT2D eigenvalue weighted by molar-refractivity contribution is 0.145. The van der Waals surface area contributed by atoms with Crippen LogP contribution in [0.4, 0.5) is 0 Å². The fourth-order valence-electron chi connectivity index (χ4n) is 2.30. The van der Waals surface area contributed by atoms with Gasteiger partial charge >= 0.3 is 0 Å². The van der Waals surface area contributed by atoms with Gasteiger partial charge in [-0.05, 0) is 72.0 Å². The highest BCUT2D eigenvalue weighted by atomic mass is 32.1. The number of nitrogens with one attached hydrogen (secondary N) is 1. The van der Waals surface area contributed by atoms with Crippen LogP contribution in [-0.2, 0) is 6.42 Å². The highest BCUT2D eigenvalue weighted by molar-refractivity contribution is 7.09. The second-order valence-electron chi connectivity index (χ2n) is 7.15. The van der Waals surface area contributed by atoms with Gasteiger partial charge in [0.1, 0.15) is 0 Å². The number of likely N-dealkylation sites (N-methyl/N-ethyl adjacent to an activating group) is 1. The molecule has 1 rings (SSSR count). The molecular weight excluding hydrogens is 264 g/mol. The van der Waals surface area contributed by atoms with E-state index in [9.17, 15) is 0 Å². The lowest BCUT2D eigenvalue weighted by atomic mass is 9.98. The molecule has 0 saturated carbocycles. The maximum absolute atomic E-state index is 3.62. The van der Waals surface area contributed by atoms with E-state index in [4.69, 9.17) is 0 Å². The van der Waals surface area contributed by atoms with Crippen LogP contribution < -0.4 is 5.32 Å². The van der Waals surface area contributed by atoms with E-state index in [0.717, 1.165) is 13.0 Å². The Kier molecular flexibility index (Phi) is 6.70. The van der Waals surface area contributed by atoms with Gasteiger partial charge in [0, 0.05) is 22.5 Å². The van der Waals surface area contributed by atoms with Gasteiger partial charge in [-0.2, -0.15) is 0 Å². The Labute approximate surface area is 129 Å². The standard InChI is InChI=1S/C17H32N2S/c1-13(12-18-17(4,5)6)15(3)19(7)14(2)11-16-9-8-10-20-16/h8-10,13-15,18H,11-12H2,1-7H3. The van der Waals surface area contributed by atoms with Crippen molar-refractivity contribution >= 4 is 11.3 Å². The Morgan fingerprint density at radius 2 is 1.90 bits per heavy atom. The molecule has 3 atom stereocenters. The van der Waals surface area contributed by atoms with Gasteiger partial charge in [0.05, 0.1) is 0 Å². The van der Waals surface area contributed by atoms with Gasteiger partial charge in [-0.15, -0.1) is 11.3 Å². The average molecular weight is 297 g/mol. The second-order valence-corrected chi connectivity index (χ2v) is 8.18. The normalized spacial score (nSPS) is 17.2. The molecule has 0 aromatic carbocycles. The first-order valence-corrected chi connectivity index (χ1v) is 8.58. The van der Waals surface area contributed by atoms with Crippen LogP contribution in [0.5, 0.6) is 0 Å². The predicted octanol–water partition coefficient (Wildman–Crippen LogP) is 4.02. The Morgan fingerprint density at radius 1 is 1.25 bits per heavy atom. The molecule has 2 nitrogen and oxygen atoms in total. The number of hydrogen-bond acceptors (Lipinski definition) is 3. The molecule has 1 heterocycles. The first kappa shape index (κ1) is 17.7. The SMILES string of the molecule is CC(CNC(C)(C)C)C(C)N(C)C(C)Cc1cccs1. The second kappa shape index (κ2) is 7.58. The molecule has 0 aliphatic rings. The van der Waals surface area contributed by atoms with Crippen molar-refractivity contribution in [1.82, 2.24) is 10.2 Å². The van der Waals surface area contributed by atoms with Crippen LogP contribution in [0.15, 0.2) is 17.5 Å². The van der Waals surface area contributed by atoms with Crippen LogP contribution in [0.2, 0.25) is 0 Å². The van der Waals surface area contributed by atoms with Crippen molar-refractivity contribution in [2.45, 2.75) is 65.6 Å². The van der Waals surface area contributed by atoms with Crippen LogP contribution >= 0.6 is 11.3 Å². The van der Waals surface area contributed by atoms with Crippen molar-refractivity contribution in [3.8, 4) is 0 Å². The predicted molar refractivity (Wildman–Crippen MR) is 91.6 cm³/mol. The lowest BCUT2D eigenvalue weighted by Crippen LogP contribution is -2.47. The third kappa shape index (κ3) is 5.94. The summed E-state index contributed by atoms with van der Waals surface area (Å²) in [4.78, 5) is 4.01. The van der Waals surface area contributed by atoms with E-state index in [0.29, 0.717) is 18.0 Å².